The summed E-state index contributed by atoms with van der Waals surface area (Å²) in [4.78, 5) is 0.216. The molecule has 19 heavy (non-hydrogen) atoms. The SMILES string of the molecule is CCS(=O)CCNS(=O)(=O)c1ccc(CCCl)cc1. The summed E-state index contributed by atoms with van der Waals surface area (Å²) in [6.45, 7) is 1.99. The van der Waals surface area contributed by atoms with Gasteiger partial charge in [-0.3, -0.25) is 4.21 Å². The summed E-state index contributed by atoms with van der Waals surface area (Å²) in [6, 6.07) is 6.62. The van der Waals surface area contributed by atoms with E-state index in [1.165, 1.54) is 0 Å². The van der Waals surface area contributed by atoms with Gasteiger partial charge in [0.1, 0.15) is 0 Å². The second-order valence-electron chi connectivity index (χ2n) is 3.91. The number of sulfonamides is 1. The standard InChI is InChI=1S/C12H18ClNO3S2/c1-2-18(15)10-9-14-19(16,17)12-5-3-11(4-6-12)7-8-13/h3-6,14H,2,7-10H2,1H3. The van der Waals surface area contributed by atoms with Gasteiger partial charge in [-0.2, -0.15) is 0 Å². The van der Waals surface area contributed by atoms with Crippen LogP contribution in [0.4, 0.5) is 0 Å². The Labute approximate surface area is 122 Å². The van der Waals surface area contributed by atoms with E-state index in [4.69, 9.17) is 11.6 Å². The molecule has 0 spiro atoms. The highest BCUT2D eigenvalue weighted by molar-refractivity contribution is 7.89. The van der Waals surface area contributed by atoms with Crippen LogP contribution in [0.25, 0.3) is 0 Å². The molecule has 7 heteroatoms. The van der Waals surface area contributed by atoms with Crippen LogP contribution in [0.5, 0.6) is 0 Å². The number of alkyl halides is 1. The van der Waals surface area contributed by atoms with Crippen molar-refractivity contribution in [2.75, 3.05) is 23.9 Å². The molecule has 0 heterocycles. The van der Waals surface area contributed by atoms with E-state index in [2.05, 4.69) is 4.72 Å². The molecule has 4 nitrogen and oxygen atoms in total. The first-order valence-electron chi connectivity index (χ1n) is 5.99. The van der Waals surface area contributed by atoms with E-state index < -0.39 is 20.8 Å². The van der Waals surface area contributed by atoms with Crippen LogP contribution in [0.2, 0.25) is 0 Å². The van der Waals surface area contributed by atoms with Gasteiger partial charge in [0.2, 0.25) is 10.0 Å². The van der Waals surface area contributed by atoms with E-state index in [0.717, 1.165) is 5.56 Å². The quantitative estimate of drug-likeness (QED) is 0.738. The van der Waals surface area contributed by atoms with Gasteiger partial charge >= 0.3 is 0 Å². The Bertz CT molecular complexity index is 514. The lowest BCUT2D eigenvalue weighted by atomic mass is 10.2. The Kier molecular flexibility index (Phi) is 6.99. The molecule has 0 saturated carbocycles. The molecule has 0 aliphatic rings. The van der Waals surface area contributed by atoms with Gasteiger partial charge in [0, 0.05) is 34.7 Å². The van der Waals surface area contributed by atoms with E-state index in [-0.39, 0.29) is 11.4 Å². The van der Waals surface area contributed by atoms with Gasteiger partial charge < -0.3 is 0 Å². The molecule has 0 aliphatic carbocycles. The molecule has 0 saturated heterocycles. The zero-order valence-electron chi connectivity index (χ0n) is 10.8. The summed E-state index contributed by atoms with van der Waals surface area (Å²) in [5.41, 5.74) is 1.00. The van der Waals surface area contributed by atoms with Crippen molar-refractivity contribution in [3.05, 3.63) is 29.8 Å². The van der Waals surface area contributed by atoms with Gasteiger partial charge in [-0.1, -0.05) is 19.1 Å². The largest absolute Gasteiger partial charge is 0.260 e. The highest BCUT2D eigenvalue weighted by Gasteiger charge is 2.13. The maximum atomic E-state index is 11.9. The Balaban J connectivity index is 2.64. The molecule has 0 amide bonds. The van der Waals surface area contributed by atoms with Gasteiger partial charge in [0.15, 0.2) is 0 Å². The maximum absolute atomic E-state index is 11.9. The monoisotopic (exact) mass is 323 g/mol. The fourth-order valence-corrected chi connectivity index (χ4v) is 3.46. The minimum absolute atomic E-state index is 0.187. The van der Waals surface area contributed by atoms with Gasteiger partial charge in [0.25, 0.3) is 0 Å². The molecule has 1 atom stereocenters. The van der Waals surface area contributed by atoms with Crippen LogP contribution in [0.3, 0.4) is 0 Å². The van der Waals surface area contributed by atoms with Crippen LogP contribution in [0.1, 0.15) is 12.5 Å². The smallest absolute Gasteiger partial charge is 0.240 e. The van der Waals surface area contributed by atoms with Gasteiger partial charge in [-0.15, -0.1) is 11.6 Å². The van der Waals surface area contributed by atoms with Crippen molar-refractivity contribution in [3.63, 3.8) is 0 Å². The van der Waals surface area contributed by atoms with Gasteiger partial charge in [-0.05, 0) is 24.1 Å². The van der Waals surface area contributed by atoms with E-state index >= 15 is 0 Å². The lowest BCUT2D eigenvalue weighted by molar-refractivity contribution is 0.584. The second-order valence-corrected chi connectivity index (χ2v) is 7.92. The molecule has 1 rings (SSSR count). The first kappa shape index (κ1) is 16.6. The van der Waals surface area contributed by atoms with E-state index in [1.807, 2.05) is 0 Å². The summed E-state index contributed by atoms with van der Waals surface area (Å²) in [6.07, 6.45) is 0.713. The normalized spacial score (nSPS) is 13.4. The number of aryl methyl sites for hydroxylation is 1. The molecule has 1 unspecified atom stereocenters. The predicted molar refractivity (Wildman–Crippen MR) is 79.6 cm³/mol. The summed E-state index contributed by atoms with van der Waals surface area (Å²) in [5, 5.41) is 0. The van der Waals surface area contributed by atoms with Gasteiger partial charge in [0.05, 0.1) is 4.90 Å². The molecular formula is C12H18ClNO3S2. The number of nitrogens with one attached hydrogen (secondary N) is 1. The van der Waals surface area contributed by atoms with Crippen molar-refractivity contribution in [1.82, 2.24) is 4.72 Å². The molecule has 0 fully saturated rings. The molecule has 0 bridgehead atoms. The molecule has 0 radical (unpaired) electrons. The topological polar surface area (TPSA) is 63.2 Å². The highest BCUT2D eigenvalue weighted by atomic mass is 35.5. The third-order valence-electron chi connectivity index (χ3n) is 2.56. The first-order chi connectivity index (χ1) is 8.99. The second kappa shape index (κ2) is 7.99. The molecular weight excluding hydrogens is 306 g/mol. The van der Waals surface area contributed by atoms with Crippen LogP contribution >= 0.6 is 11.6 Å². The number of rotatable bonds is 8. The van der Waals surface area contributed by atoms with Crippen molar-refractivity contribution in [2.24, 2.45) is 0 Å². The molecule has 1 N–H and O–H groups in total. The van der Waals surface area contributed by atoms with E-state index in [1.54, 1.807) is 31.2 Å². The summed E-state index contributed by atoms with van der Waals surface area (Å²) in [7, 11) is -4.48. The lowest BCUT2D eigenvalue weighted by Gasteiger charge is -2.07. The zero-order chi connectivity index (χ0) is 14.3. The predicted octanol–water partition coefficient (Wildman–Crippen LogP) is 1.51. The maximum Gasteiger partial charge on any atom is 0.240 e. The van der Waals surface area contributed by atoms with Crippen molar-refractivity contribution in [1.29, 1.82) is 0 Å². The molecule has 1 aromatic rings. The van der Waals surface area contributed by atoms with Crippen LogP contribution in [0.15, 0.2) is 29.2 Å². The lowest BCUT2D eigenvalue weighted by Crippen LogP contribution is -2.28. The fraction of sp³-hybridized carbons (Fsp3) is 0.500. The van der Waals surface area contributed by atoms with Crippen LogP contribution in [-0.2, 0) is 27.2 Å². The number of benzene rings is 1. The average molecular weight is 324 g/mol. The van der Waals surface area contributed by atoms with Crippen LogP contribution < -0.4 is 4.72 Å². The third-order valence-corrected chi connectivity index (χ3v) is 5.53. The van der Waals surface area contributed by atoms with Crippen molar-refractivity contribution >= 4 is 32.4 Å². The Hall–Kier alpha value is -0.430. The van der Waals surface area contributed by atoms with Crippen molar-refractivity contribution < 1.29 is 12.6 Å². The number of hydrogen-bond acceptors (Lipinski definition) is 3. The van der Waals surface area contributed by atoms with Crippen molar-refractivity contribution in [2.45, 2.75) is 18.2 Å². The Morgan fingerprint density at radius 3 is 2.42 bits per heavy atom. The first-order valence-corrected chi connectivity index (χ1v) is 9.49. The van der Waals surface area contributed by atoms with Crippen LogP contribution in [-0.4, -0.2) is 36.6 Å². The van der Waals surface area contributed by atoms with E-state index in [9.17, 15) is 12.6 Å². The zero-order valence-corrected chi connectivity index (χ0v) is 13.2. The van der Waals surface area contributed by atoms with E-state index in [0.29, 0.717) is 23.8 Å². The Morgan fingerprint density at radius 1 is 1.26 bits per heavy atom. The summed E-state index contributed by atoms with van der Waals surface area (Å²) < 4.78 is 37.5. The average Bonchev–Trinajstić information content (AvgIpc) is 2.39. The molecule has 0 aromatic heterocycles. The number of halogens is 1. The van der Waals surface area contributed by atoms with Gasteiger partial charge in [-0.25, -0.2) is 13.1 Å². The molecule has 0 aliphatic heterocycles. The summed E-state index contributed by atoms with van der Waals surface area (Å²) >= 11 is 5.62. The molecule has 108 valence electrons. The third kappa shape index (κ3) is 5.60. The van der Waals surface area contributed by atoms with Crippen molar-refractivity contribution in [3.8, 4) is 0 Å². The number of hydrogen-bond donors (Lipinski definition) is 1. The Morgan fingerprint density at radius 2 is 1.89 bits per heavy atom. The fourth-order valence-electron chi connectivity index (χ4n) is 1.46. The molecule has 1 aromatic carbocycles. The highest BCUT2D eigenvalue weighted by Crippen LogP contribution is 2.11. The minimum Gasteiger partial charge on any atom is -0.260 e. The van der Waals surface area contributed by atoms with Crippen LogP contribution in [0, 0.1) is 0 Å². The summed E-state index contributed by atoms with van der Waals surface area (Å²) in [5.74, 6) is 1.38. The minimum atomic E-state index is -3.51.